The lowest BCUT2D eigenvalue weighted by atomic mass is 9.74. The first-order valence-corrected chi connectivity index (χ1v) is 7.42. The number of nitrogens with two attached hydrogens (primary N) is 1. The maximum Gasteiger partial charge on any atom is 0.156 e. The molecule has 1 aromatic carbocycles. The van der Waals surface area contributed by atoms with Crippen molar-refractivity contribution in [1.29, 1.82) is 0 Å². The van der Waals surface area contributed by atoms with E-state index < -0.39 is 0 Å². The quantitative estimate of drug-likeness (QED) is 0.842. The van der Waals surface area contributed by atoms with Crippen molar-refractivity contribution in [1.82, 2.24) is 0 Å². The first-order chi connectivity index (χ1) is 9.08. The number of anilines is 1. The molecule has 2 aliphatic rings. The van der Waals surface area contributed by atoms with Crippen LogP contribution >= 0.6 is 15.9 Å². The summed E-state index contributed by atoms with van der Waals surface area (Å²) in [6.07, 6.45) is 5.31. The van der Waals surface area contributed by atoms with Gasteiger partial charge in [-0.1, -0.05) is 0 Å². The first-order valence-electron chi connectivity index (χ1n) is 6.63. The molecule has 19 heavy (non-hydrogen) atoms. The Morgan fingerprint density at radius 2 is 2.21 bits per heavy atom. The highest BCUT2D eigenvalue weighted by atomic mass is 79.9. The second-order valence-corrected chi connectivity index (χ2v) is 6.28. The fourth-order valence-corrected chi connectivity index (χ4v) is 3.42. The molecule has 1 unspecified atom stereocenters. The average Bonchev–Trinajstić information content (AvgIpc) is 2.32. The van der Waals surface area contributed by atoms with E-state index in [1.165, 1.54) is 18.6 Å². The van der Waals surface area contributed by atoms with Crippen LogP contribution in [0.25, 0.3) is 0 Å². The highest BCUT2D eigenvalue weighted by molar-refractivity contribution is 9.10. The Kier molecular flexibility index (Phi) is 3.43. The molecule has 1 saturated heterocycles. The summed E-state index contributed by atoms with van der Waals surface area (Å²) in [4.78, 5) is 0. The van der Waals surface area contributed by atoms with Crippen molar-refractivity contribution in [2.75, 3.05) is 12.3 Å². The molecule has 0 aromatic heterocycles. The van der Waals surface area contributed by atoms with Crippen molar-refractivity contribution >= 4 is 21.6 Å². The Morgan fingerprint density at radius 3 is 2.84 bits per heavy atom. The van der Waals surface area contributed by atoms with Gasteiger partial charge in [0.15, 0.2) is 5.75 Å². The average molecular weight is 330 g/mol. The second kappa shape index (κ2) is 4.94. The number of hydrogen-bond acceptors (Lipinski definition) is 3. The van der Waals surface area contributed by atoms with E-state index in [-0.39, 0.29) is 17.5 Å². The van der Waals surface area contributed by atoms with Gasteiger partial charge < -0.3 is 15.2 Å². The van der Waals surface area contributed by atoms with Crippen molar-refractivity contribution in [3.63, 3.8) is 0 Å². The number of hydrogen-bond donors (Lipinski definition) is 1. The number of nitrogen functional groups attached to an aromatic ring is 1. The van der Waals surface area contributed by atoms with Crippen LogP contribution in [-0.2, 0) is 4.74 Å². The van der Waals surface area contributed by atoms with Gasteiger partial charge in [-0.2, -0.15) is 0 Å². The zero-order valence-electron chi connectivity index (χ0n) is 10.6. The molecular weight excluding hydrogens is 313 g/mol. The van der Waals surface area contributed by atoms with Crippen LogP contribution in [0, 0.1) is 5.82 Å². The maximum absolute atomic E-state index is 13.2. The number of rotatable bonds is 2. The monoisotopic (exact) mass is 329 g/mol. The van der Waals surface area contributed by atoms with Crippen LogP contribution in [0.1, 0.15) is 32.1 Å². The lowest BCUT2D eigenvalue weighted by Crippen LogP contribution is -2.48. The van der Waals surface area contributed by atoms with Crippen LogP contribution in [0.3, 0.4) is 0 Å². The van der Waals surface area contributed by atoms with Crippen LogP contribution in [-0.4, -0.2) is 18.3 Å². The molecule has 2 N–H and O–H groups in total. The molecule has 1 aliphatic carbocycles. The van der Waals surface area contributed by atoms with Crippen molar-refractivity contribution in [2.24, 2.45) is 0 Å². The summed E-state index contributed by atoms with van der Waals surface area (Å²) in [5.41, 5.74) is 6.19. The van der Waals surface area contributed by atoms with Gasteiger partial charge in [-0.15, -0.1) is 0 Å². The minimum Gasteiger partial charge on any atom is -0.487 e. The van der Waals surface area contributed by atoms with Crippen LogP contribution in [0.2, 0.25) is 0 Å². The van der Waals surface area contributed by atoms with Crippen molar-refractivity contribution in [3.8, 4) is 5.75 Å². The third-order valence-electron chi connectivity index (χ3n) is 4.03. The minimum absolute atomic E-state index is 0.0319. The molecule has 3 rings (SSSR count). The SMILES string of the molecule is Nc1cc(F)cc(Br)c1OC1CCOC2(CCC2)C1. The van der Waals surface area contributed by atoms with Crippen LogP contribution in [0.4, 0.5) is 10.1 Å². The molecule has 1 saturated carbocycles. The van der Waals surface area contributed by atoms with Gasteiger partial charge in [0.2, 0.25) is 0 Å². The van der Waals surface area contributed by atoms with E-state index in [1.807, 2.05) is 0 Å². The summed E-state index contributed by atoms with van der Waals surface area (Å²) in [6.45, 7) is 0.726. The summed E-state index contributed by atoms with van der Waals surface area (Å²) in [5, 5.41) is 0. The van der Waals surface area contributed by atoms with Crippen LogP contribution < -0.4 is 10.5 Å². The lowest BCUT2D eigenvalue weighted by molar-refractivity contribution is -0.153. The Morgan fingerprint density at radius 1 is 1.42 bits per heavy atom. The Balaban J connectivity index is 1.74. The van der Waals surface area contributed by atoms with Crippen molar-refractivity contribution in [3.05, 3.63) is 22.4 Å². The van der Waals surface area contributed by atoms with Gasteiger partial charge in [0.1, 0.15) is 11.9 Å². The van der Waals surface area contributed by atoms with E-state index in [2.05, 4.69) is 15.9 Å². The molecule has 0 radical (unpaired) electrons. The van der Waals surface area contributed by atoms with E-state index in [0.717, 1.165) is 32.3 Å². The molecule has 1 aliphatic heterocycles. The predicted molar refractivity (Wildman–Crippen MR) is 74.7 cm³/mol. The molecule has 1 spiro atoms. The van der Waals surface area contributed by atoms with E-state index in [0.29, 0.717) is 15.9 Å². The zero-order chi connectivity index (χ0) is 13.5. The van der Waals surface area contributed by atoms with Crippen LogP contribution in [0.5, 0.6) is 5.75 Å². The predicted octanol–water partition coefficient (Wildman–Crippen LogP) is 3.65. The van der Waals surface area contributed by atoms with Crippen molar-refractivity contribution < 1.29 is 13.9 Å². The highest BCUT2D eigenvalue weighted by Gasteiger charge is 2.43. The van der Waals surface area contributed by atoms with E-state index >= 15 is 0 Å². The summed E-state index contributed by atoms with van der Waals surface area (Å²) >= 11 is 3.31. The molecule has 1 atom stereocenters. The molecule has 2 fully saturated rings. The fraction of sp³-hybridized carbons (Fsp3) is 0.571. The Labute approximate surface area is 120 Å². The molecule has 1 heterocycles. The third kappa shape index (κ3) is 2.58. The van der Waals surface area contributed by atoms with Gasteiger partial charge in [0.25, 0.3) is 0 Å². The van der Waals surface area contributed by atoms with E-state index in [4.69, 9.17) is 15.2 Å². The van der Waals surface area contributed by atoms with Gasteiger partial charge in [-0.05, 0) is 41.3 Å². The molecule has 0 bridgehead atoms. The van der Waals surface area contributed by atoms with E-state index in [1.54, 1.807) is 0 Å². The van der Waals surface area contributed by atoms with Gasteiger partial charge in [-0.25, -0.2) is 4.39 Å². The van der Waals surface area contributed by atoms with Crippen LogP contribution in [0.15, 0.2) is 16.6 Å². The standard InChI is InChI=1S/C14H17BrFNO2/c15-11-6-9(16)7-12(17)13(11)19-10-2-5-18-14(8-10)3-1-4-14/h6-7,10H,1-5,8,17H2. The third-order valence-corrected chi connectivity index (χ3v) is 4.62. The normalized spacial score (nSPS) is 25.1. The second-order valence-electron chi connectivity index (χ2n) is 5.42. The van der Waals surface area contributed by atoms with Gasteiger partial charge in [-0.3, -0.25) is 0 Å². The van der Waals surface area contributed by atoms with Gasteiger partial charge in [0, 0.05) is 18.9 Å². The lowest BCUT2D eigenvalue weighted by Gasteiger charge is -2.47. The molecule has 5 heteroatoms. The first kappa shape index (κ1) is 13.2. The minimum atomic E-state index is -0.362. The van der Waals surface area contributed by atoms with Gasteiger partial charge in [0.05, 0.1) is 22.4 Å². The summed E-state index contributed by atoms with van der Waals surface area (Å²) < 4.78 is 25.6. The zero-order valence-corrected chi connectivity index (χ0v) is 12.2. The van der Waals surface area contributed by atoms with Crippen molar-refractivity contribution in [2.45, 2.75) is 43.8 Å². The Hall–Kier alpha value is -0.810. The number of benzene rings is 1. The highest BCUT2D eigenvalue weighted by Crippen LogP contribution is 2.44. The molecule has 0 amide bonds. The molecule has 3 nitrogen and oxygen atoms in total. The fourth-order valence-electron chi connectivity index (χ4n) is 2.87. The number of halogens is 2. The molecular formula is C14H17BrFNO2. The van der Waals surface area contributed by atoms with Gasteiger partial charge >= 0.3 is 0 Å². The summed E-state index contributed by atoms with van der Waals surface area (Å²) in [6, 6.07) is 2.67. The number of ether oxygens (including phenoxy) is 2. The topological polar surface area (TPSA) is 44.5 Å². The molecule has 104 valence electrons. The smallest absolute Gasteiger partial charge is 0.156 e. The summed E-state index contributed by atoms with van der Waals surface area (Å²) in [5.74, 6) is 0.182. The Bertz CT molecular complexity index is 467. The van der Waals surface area contributed by atoms with E-state index in [9.17, 15) is 4.39 Å². The largest absolute Gasteiger partial charge is 0.487 e. The molecule has 1 aromatic rings. The maximum atomic E-state index is 13.2. The summed E-state index contributed by atoms with van der Waals surface area (Å²) in [7, 11) is 0.